The van der Waals surface area contributed by atoms with Crippen molar-refractivity contribution in [2.45, 2.75) is 25.4 Å². The maximum absolute atomic E-state index is 4.40. The number of hydrogen-bond donors (Lipinski definition) is 1. The van der Waals surface area contributed by atoms with E-state index in [4.69, 9.17) is 0 Å². The van der Waals surface area contributed by atoms with E-state index in [0.29, 0.717) is 6.04 Å². The summed E-state index contributed by atoms with van der Waals surface area (Å²) in [7, 11) is 0. The van der Waals surface area contributed by atoms with Crippen molar-refractivity contribution in [2.24, 2.45) is 5.92 Å². The van der Waals surface area contributed by atoms with E-state index in [9.17, 15) is 0 Å². The molecular formula is C15H20N4. The fourth-order valence-electron chi connectivity index (χ4n) is 3.56. The highest BCUT2D eigenvalue weighted by atomic mass is 15.2. The summed E-state index contributed by atoms with van der Waals surface area (Å²) < 4.78 is 1.95. The molecule has 1 N–H and O–H groups in total. The Labute approximate surface area is 113 Å². The Bertz CT molecular complexity index is 568. The second-order valence-electron chi connectivity index (χ2n) is 5.83. The van der Waals surface area contributed by atoms with Crippen molar-refractivity contribution in [3.63, 3.8) is 0 Å². The van der Waals surface area contributed by atoms with Crippen molar-refractivity contribution in [3.05, 3.63) is 36.2 Å². The molecule has 5 rings (SSSR count). The number of rotatable bonds is 3. The topological polar surface area (TPSA) is 32.6 Å². The zero-order valence-corrected chi connectivity index (χ0v) is 11.1. The molecule has 1 atom stereocenters. The van der Waals surface area contributed by atoms with Crippen LogP contribution in [0.15, 0.2) is 30.6 Å². The second-order valence-corrected chi connectivity index (χ2v) is 5.83. The van der Waals surface area contributed by atoms with Gasteiger partial charge in [0.25, 0.3) is 0 Å². The van der Waals surface area contributed by atoms with Crippen LogP contribution in [0.5, 0.6) is 0 Å². The molecule has 0 aromatic carbocycles. The van der Waals surface area contributed by atoms with Gasteiger partial charge in [-0.2, -0.15) is 5.10 Å². The molecule has 3 fully saturated rings. The van der Waals surface area contributed by atoms with Crippen molar-refractivity contribution in [3.8, 4) is 0 Å². The highest BCUT2D eigenvalue weighted by Crippen LogP contribution is 2.27. The molecule has 3 aliphatic heterocycles. The fraction of sp³-hybridized carbons (Fsp3) is 0.533. The van der Waals surface area contributed by atoms with Gasteiger partial charge in [0.2, 0.25) is 0 Å². The predicted octanol–water partition coefficient (Wildman–Crippen LogP) is 1.52. The first-order valence-corrected chi connectivity index (χ1v) is 7.27. The Balaban J connectivity index is 1.47. The molecule has 2 bridgehead atoms. The molecule has 0 aliphatic carbocycles. The fourth-order valence-corrected chi connectivity index (χ4v) is 3.56. The Morgan fingerprint density at radius 2 is 2.16 bits per heavy atom. The molecule has 2 aromatic heterocycles. The molecule has 0 saturated carbocycles. The molecule has 5 heterocycles. The van der Waals surface area contributed by atoms with Gasteiger partial charge in [-0.3, -0.25) is 0 Å². The van der Waals surface area contributed by atoms with Gasteiger partial charge in [0.05, 0.1) is 11.7 Å². The molecular weight excluding hydrogens is 236 g/mol. The lowest BCUT2D eigenvalue weighted by molar-refractivity contribution is 0.0720. The van der Waals surface area contributed by atoms with Gasteiger partial charge in [-0.25, -0.2) is 4.52 Å². The van der Waals surface area contributed by atoms with Gasteiger partial charge < -0.3 is 10.2 Å². The number of pyridine rings is 1. The number of nitrogens with one attached hydrogen (secondary N) is 1. The van der Waals surface area contributed by atoms with E-state index in [1.165, 1.54) is 43.6 Å². The molecule has 4 nitrogen and oxygen atoms in total. The first-order valence-electron chi connectivity index (χ1n) is 7.27. The largest absolute Gasteiger partial charge is 0.308 e. The normalized spacial score (nSPS) is 30.0. The summed E-state index contributed by atoms with van der Waals surface area (Å²) in [6.45, 7) is 4.77. The van der Waals surface area contributed by atoms with Crippen LogP contribution in [0.4, 0.5) is 0 Å². The van der Waals surface area contributed by atoms with E-state index in [1.54, 1.807) is 0 Å². The quantitative estimate of drug-likeness (QED) is 0.903. The maximum atomic E-state index is 4.40. The SMILES string of the molecule is c1ccn2ncc(CNC3CN4CCC3CC4)c2c1. The van der Waals surface area contributed by atoms with Crippen molar-refractivity contribution >= 4 is 5.52 Å². The lowest BCUT2D eigenvalue weighted by atomic mass is 9.84. The Morgan fingerprint density at radius 3 is 2.95 bits per heavy atom. The minimum Gasteiger partial charge on any atom is -0.308 e. The van der Waals surface area contributed by atoms with Crippen molar-refractivity contribution < 1.29 is 0 Å². The highest BCUT2D eigenvalue weighted by Gasteiger charge is 2.33. The lowest BCUT2D eigenvalue weighted by Crippen LogP contribution is -2.55. The van der Waals surface area contributed by atoms with Crippen LogP contribution in [0, 0.1) is 5.92 Å². The summed E-state index contributed by atoms with van der Waals surface area (Å²) in [5, 5.41) is 8.15. The van der Waals surface area contributed by atoms with Gasteiger partial charge in [-0.05, 0) is 44.0 Å². The Morgan fingerprint density at radius 1 is 1.26 bits per heavy atom. The van der Waals surface area contributed by atoms with E-state index in [0.717, 1.165) is 12.5 Å². The second kappa shape index (κ2) is 4.62. The molecule has 19 heavy (non-hydrogen) atoms. The van der Waals surface area contributed by atoms with Gasteiger partial charge in [0, 0.05) is 30.9 Å². The summed E-state index contributed by atoms with van der Waals surface area (Å²) in [5.74, 6) is 0.881. The van der Waals surface area contributed by atoms with Crippen molar-refractivity contribution in [1.29, 1.82) is 0 Å². The van der Waals surface area contributed by atoms with Crippen LogP contribution >= 0.6 is 0 Å². The third-order valence-electron chi connectivity index (χ3n) is 4.72. The van der Waals surface area contributed by atoms with E-state index >= 15 is 0 Å². The summed E-state index contributed by atoms with van der Waals surface area (Å²) in [6, 6.07) is 6.90. The van der Waals surface area contributed by atoms with E-state index < -0.39 is 0 Å². The zero-order valence-electron chi connectivity index (χ0n) is 11.1. The minimum atomic E-state index is 0.668. The van der Waals surface area contributed by atoms with Crippen LogP contribution in [-0.2, 0) is 6.54 Å². The molecule has 3 saturated heterocycles. The first kappa shape index (κ1) is 11.4. The molecule has 3 aliphatic rings. The summed E-state index contributed by atoms with van der Waals surface area (Å²) >= 11 is 0. The maximum Gasteiger partial charge on any atom is 0.0706 e. The molecule has 4 heteroatoms. The standard InChI is InChI=1S/C15H20N4/c1-2-6-19-15(3-1)13(10-17-19)9-16-14-11-18-7-4-12(14)5-8-18/h1-3,6,10,12,14,16H,4-5,7-9,11H2. The predicted molar refractivity (Wildman–Crippen MR) is 75.0 cm³/mol. The van der Waals surface area contributed by atoms with Crippen molar-refractivity contribution in [2.75, 3.05) is 19.6 Å². The van der Waals surface area contributed by atoms with Gasteiger partial charge in [0.1, 0.15) is 0 Å². The number of aromatic nitrogens is 2. The molecule has 100 valence electrons. The van der Waals surface area contributed by atoms with Crippen LogP contribution in [0.1, 0.15) is 18.4 Å². The van der Waals surface area contributed by atoms with Crippen LogP contribution in [0.25, 0.3) is 5.52 Å². The zero-order chi connectivity index (χ0) is 12.7. The molecule has 2 aromatic rings. The number of hydrogen-bond acceptors (Lipinski definition) is 3. The van der Waals surface area contributed by atoms with Crippen LogP contribution in [-0.4, -0.2) is 40.2 Å². The lowest BCUT2D eigenvalue weighted by Gasteiger charge is -2.45. The van der Waals surface area contributed by atoms with E-state index in [-0.39, 0.29) is 0 Å². The Hall–Kier alpha value is -1.39. The summed E-state index contributed by atoms with van der Waals surface area (Å²) in [6.07, 6.45) is 6.73. The molecule has 1 unspecified atom stereocenters. The molecule has 0 spiro atoms. The first-order chi connectivity index (χ1) is 9.40. The molecule has 0 amide bonds. The van der Waals surface area contributed by atoms with Gasteiger partial charge in [-0.15, -0.1) is 0 Å². The monoisotopic (exact) mass is 256 g/mol. The highest BCUT2D eigenvalue weighted by molar-refractivity contribution is 5.53. The van der Waals surface area contributed by atoms with Crippen LogP contribution in [0.2, 0.25) is 0 Å². The summed E-state index contributed by atoms with van der Waals surface area (Å²) in [4.78, 5) is 2.59. The number of piperidine rings is 3. The van der Waals surface area contributed by atoms with E-state index in [1.807, 2.05) is 23.0 Å². The summed E-state index contributed by atoms with van der Waals surface area (Å²) in [5.41, 5.74) is 2.52. The molecule has 0 radical (unpaired) electrons. The number of fused-ring (bicyclic) bond motifs is 4. The van der Waals surface area contributed by atoms with Crippen LogP contribution < -0.4 is 5.32 Å². The average Bonchev–Trinajstić information content (AvgIpc) is 2.90. The van der Waals surface area contributed by atoms with Gasteiger partial charge >= 0.3 is 0 Å². The third-order valence-corrected chi connectivity index (χ3v) is 4.72. The van der Waals surface area contributed by atoms with Gasteiger partial charge in [-0.1, -0.05) is 6.07 Å². The third kappa shape index (κ3) is 2.05. The Kier molecular flexibility index (Phi) is 2.78. The van der Waals surface area contributed by atoms with E-state index in [2.05, 4.69) is 27.4 Å². The van der Waals surface area contributed by atoms with Crippen molar-refractivity contribution in [1.82, 2.24) is 19.8 Å². The smallest absolute Gasteiger partial charge is 0.0706 e. The van der Waals surface area contributed by atoms with Gasteiger partial charge in [0.15, 0.2) is 0 Å². The van der Waals surface area contributed by atoms with Crippen LogP contribution in [0.3, 0.4) is 0 Å². The number of nitrogens with zero attached hydrogens (tertiary/aromatic N) is 3. The minimum absolute atomic E-state index is 0.668. The average molecular weight is 256 g/mol.